The first kappa shape index (κ1) is 69.4. The van der Waals surface area contributed by atoms with Crippen LogP contribution < -0.4 is 35.9 Å². The molecular weight excluding hydrogens is 1200 g/mol. The van der Waals surface area contributed by atoms with Gasteiger partial charge in [0.25, 0.3) is 11.8 Å². The number of amides is 2. The van der Waals surface area contributed by atoms with Crippen LogP contribution in [0.1, 0.15) is 91.4 Å². The lowest BCUT2D eigenvalue weighted by Gasteiger charge is -2.51. The monoisotopic (exact) mass is 1280 g/mol. The summed E-state index contributed by atoms with van der Waals surface area (Å²) in [7, 11) is -6.41. The van der Waals surface area contributed by atoms with Crippen LogP contribution in [-0.2, 0) is 28.7 Å². The molecule has 8 aromatic rings. The average Bonchev–Trinajstić information content (AvgIpc) is 1.20. The molecule has 23 nitrogen and oxygen atoms in total. The number of benzene rings is 5. The maximum absolute atomic E-state index is 15.7. The number of aromatic nitrogens is 6. The van der Waals surface area contributed by atoms with Gasteiger partial charge in [-0.3, -0.25) is 28.2 Å². The van der Waals surface area contributed by atoms with Gasteiger partial charge >= 0.3 is 13.4 Å². The van der Waals surface area contributed by atoms with E-state index in [-0.39, 0.29) is 50.3 Å². The zero-order chi connectivity index (χ0) is 65.1. The molecule has 4 N–H and O–H groups in total. The normalized spacial score (nSPS) is 18.0. The van der Waals surface area contributed by atoms with Gasteiger partial charge in [0.2, 0.25) is 0 Å². The van der Waals surface area contributed by atoms with E-state index in [1.54, 1.807) is 75.3 Å². The van der Waals surface area contributed by atoms with Gasteiger partial charge in [0.1, 0.15) is 18.4 Å². The van der Waals surface area contributed by atoms with E-state index in [1.807, 2.05) is 60.7 Å². The van der Waals surface area contributed by atoms with E-state index in [0.717, 1.165) is 21.3 Å². The quantitative estimate of drug-likeness (QED) is 0.0459. The first-order valence-corrected chi connectivity index (χ1v) is 34.2. The minimum absolute atomic E-state index is 0.0581. The van der Waals surface area contributed by atoms with E-state index in [4.69, 9.17) is 19.0 Å². The minimum atomic E-state index is -5.24. The molecule has 2 aliphatic rings. The van der Waals surface area contributed by atoms with Gasteiger partial charge in [0.05, 0.1) is 76.5 Å². The van der Waals surface area contributed by atoms with Crippen LogP contribution >= 0.6 is 15.3 Å². The molecule has 2 aliphatic heterocycles. The Morgan fingerprint density at radius 3 is 1.55 bits per heavy atom. The molecule has 2 amide bonds. The molecule has 25 heteroatoms. The molecule has 484 valence electrons. The van der Waals surface area contributed by atoms with Crippen molar-refractivity contribution in [1.29, 1.82) is 0 Å². The molecule has 0 saturated carbocycles. The zero-order valence-electron chi connectivity index (χ0n) is 53.0. The molecule has 5 aromatic carbocycles. The van der Waals surface area contributed by atoms with E-state index in [0.29, 0.717) is 22.3 Å². The molecule has 0 radical (unpaired) electrons. The fourth-order valence-corrected chi connectivity index (χ4v) is 14.2. The third-order valence-electron chi connectivity index (χ3n) is 16.4. The second-order valence-electron chi connectivity index (χ2n) is 22.2. The summed E-state index contributed by atoms with van der Waals surface area (Å²) < 4.78 is 53.4. The number of morpholine rings is 2. The van der Waals surface area contributed by atoms with Crippen LogP contribution in [-0.4, -0.2) is 160 Å². The summed E-state index contributed by atoms with van der Waals surface area (Å²) in [6.45, 7) is 20.5. The SMILES string of the molecule is CC[NH+](CC)CC.CC[NH+](CC)CC.CN(C)P(=O)(OC[C@@H]1CN(C(c2ccccc2)(c2ccccc2)c2ccccc2)C[C@H](n2cnc3c(NC(=O)c4ccccc4)ncnc32)O1)N1C[C@@H](CP(=O)([O-])[O-])O[C@@H](n2ccc(NC(=O)c3ccccc3)nc2=O)C1. The zero-order valence-corrected chi connectivity index (χ0v) is 54.8. The summed E-state index contributed by atoms with van der Waals surface area (Å²) in [4.78, 5) is 88.1. The Bertz CT molecular complexity index is 3610. The van der Waals surface area contributed by atoms with Gasteiger partial charge in [-0.05, 0) is 103 Å². The first-order valence-electron chi connectivity index (χ1n) is 31.0. The van der Waals surface area contributed by atoms with Crippen molar-refractivity contribution in [2.45, 2.75) is 71.7 Å². The van der Waals surface area contributed by atoms with Gasteiger partial charge in [0.15, 0.2) is 23.2 Å². The van der Waals surface area contributed by atoms with Crippen LogP contribution in [0.25, 0.3) is 11.2 Å². The number of ether oxygens (including phenoxy) is 2. The Morgan fingerprint density at radius 2 is 1.09 bits per heavy atom. The fraction of sp³-hybridized carbons (Fsp3) is 0.379. The highest BCUT2D eigenvalue weighted by Gasteiger charge is 2.48. The van der Waals surface area contributed by atoms with Gasteiger partial charge in [0, 0.05) is 43.1 Å². The van der Waals surface area contributed by atoms with Gasteiger partial charge in [-0.1, -0.05) is 135 Å². The van der Waals surface area contributed by atoms with Crippen molar-refractivity contribution in [3.63, 3.8) is 0 Å². The highest BCUT2D eigenvalue weighted by atomic mass is 31.2. The molecule has 10 rings (SSSR count). The molecule has 1 unspecified atom stereocenters. The highest BCUT2D eigenvalue weighted by molar-refractivity contribution is 7.53. The van der Waals surface area contributed by atoms with E-state index in [9.17, 15) is 28.7 Å². The second-order valence-corrected chi connectivity index (χ2v) is 26.4. The summed E-state index contributed by atoms with van der Waals surface area (Å²) in [5.74, 6) is -0.766. The van der Waals surface area contributed by atoms with Crippen molar-refractivity contribution in [3.05, 3.63) is 215 Å². The molecule has 3 aromatic heterocycles. The van der Waals surface area contributed by atoms with E-state index in [1.165, 1.54) is 81.3 Å². The van der Waals surface area contributed by atoms with Crippen molar-refractivity contribution < 1.29 is 52.3 Å². The Labute approximate surface area is 532 Å². The maximum Gasteiger partial charge on any atom is 0.351 e. The van der Waals surface area contributed by atoms with Crippen molar-refractivity contribution in [2.75, 3.05) is 103 Å². The Balaban J connectivity index is 0.000000684. The Hall–Kier alpha value is -7.47. The number of rotatable bonds is 23. The van der Waals surface area contributed by atoms with Gasteiger partial charge < -0.3 is 48.8 Å². The fourth-order valence-electron chi connectivity index (χ4n) is 11.5. The summed E-state index contributed by atoms with van der Waals surface area (Å²) in [6, 6.07) is 48.6. The smallest absolute Gasteiger partial charge is 0.351 e. The Morgan fingerprint density at radius 1 is 0.615 bits per heavy atom. The van der Waals surface area contributed by atoms with Crippen molar-refractivity contribution in [3.8, 4) is 0 Å². The molecule has 91 heavy (non-hydrogen) atoms. The summed E-state index contributed by atoms with van der Waals surface area (Å²) in [6.07, 6.45) is -1.16. The molecule has 0 bridgehead atoms. The Kier molecular flexibility index (Phi) is 24.9. The predicted octanol–water partition coefficient (Wildman–Crippen LogP) is 5.44. The van der Waals surface area contributed by atoms with Crippen molar-refractivity contribution in [1.82, 2.24) is 43.3 Å². The van der Waals surface area contributed by atoms with Crippen LogP contribution in [0.4, 0.5) is 11.6 Å². The summed E-state index contributed by atoms with van der Waals surface area (Å²) in [5, 5.41) is 5.47. The number of imidazole rings is 1. The number of carbonyl (C=O) groups excluding carboxylic acids is 2. The topological polar surface area (TPSA) is 263 Å². The molecule has 0 spiro atoms. The lowest BCUT2D eigenvalue weighted by Crippen LogP contribution is -3.11. The number of fused-ring (bicyclic) bond motifs is 1. The molecule has 2 fully saturated rings. The lowest BCUT2D eigenvalue weighted by molar-refractivity contribution is -0.894. The number of carbonyl (C=O) groups is 2. The lowest BCUT2D eigenvalue weighted by atomic mass is 9.75. The van der Waals surface area contributed by atoms with Gasteiger partial charge in [-0.15, -0.1) is 0 Å². The number of quaternary nitrogens is 2. The highest BCUT2D eigenvalue weighted by Crippen LogP contribution is 2.55. The van der Waals surface area contributed by atoms with Crippen LogP contribution in [0.3, 0.4) is 0 Å². The van der Waals surface area contributed by atoms with E-state index in [2.05, 4.69) is 108 Å². The van der Waals surface area contributed by atoms with Crippen molar-refractivity contribution in [2.24, 2.45) is 0 Å². The molecule has 5 heterocycles. The number of nitrogens with zero attached hydrogens (tertiary/aromatic N) is 9. The third kappa shape index (κ3) is 17.4. The molecule has 5 atom stereocenters. The number of hydrogen-bond donors (Lipinski definition) is 4. The second kappa shape index (κ2) is 32.7. The molecular formula is C66H85N13O10P2. The first-order chi connectivity index (χ1) is 43.9. The van der Waals surface area contributed by atoms with Crippen LogP contribution in [0.2, 0.25) is 0 Å². The summed E-state index contributed by atoms with van der Waals surface area (Å²) >= 11 is 0. The standard InChI is InChI=1S/C54H55N11O10P2.2C6H15N/c1-61(2)77(72,63-31-44(35-76(69,70)71)75-47(33-63)64-29-28-45(59-53(64)68)58-51(66)38-18-8-3-9-19-38)73-34-43-30-62(54(40-22-12-5-13-23-40,41-24-14-6-15-25-41)42-26-16-7-17-27-42)32-46(74-43)65-37-57-48-49(55-36-56-50(48)65)60-52(67)39-20-10-4-11-21-39;2*1-4-7(5-2)6-3/h3-29,36-37,43-44,46-47H,30-35H2,1-2H3,(H2,69,70,71)(H,55,56,60,67)(H,58,59,66,68);2*4-6H2,1-3H3/t43-,44-,46+,47+,77?;;/m0../s1. The van der Waals surface area contributed by atoms with Gasteiger partial charge in [-0.25, -0.2) is 29.1 Å². The predicted molar refractivity (Wildman–Crippen MR) is 348 cm³/mol. The molecule has 0 aliphatic carbocycles. The number of anilines is 2. The maximum atomic E-state index is 15.7. The largest absolute Gasteiger partial charge is 0.811 e. The van der Waals surface area contributed by atoms with E-state index >= 15 is 4.57 Å². The average molecular weight is 1280 g/mol. The van der Waals surface area contributed by atoms with Crippen LogP contribution in [0.5, 0.6) is 0 Å². The van der Waals surface area contributed by atoms with Crippen molar-refractivity contribution >= 4 is 49.9 Å². The van der Waals surface area contributed by atoms with E-state index < -0.39 is 63.2 Å². The number of nitrogens with one attached hydrogen (secondary N) is 4. The molecule has 2 saturated heterocycles. The third-order valence-corrected chi connectivity index (χ3v) is 19.8. The number of hydrogen-bond acceptors (Lipinski definition) is 15. The minimum Gasteiger partial charge on any atom is -0.811 e. The van der Waals surface area contributed by atoms with Gasteiger partial charge in [-0.2, -0.15) is 4.98 Å². The van der Waals surface area contributed by atoms with Crippen LogP contribution in [0.15, 0.2) is 181 Å². The summed E-state index contributed by atoms with van der Waals surface area (Å²) in [5.41, 5.74) is 2.39. The van der Waals surface area contributed by atoms with Crippen LogP contribution in [0, 0.1) is 0 Å².